The molecule has 0 N–H and O–H groups in total. The number of carbonyl (C=O) groups is 1. The van der Waals surface area contributed by atoms with Crippen molar-refractivity contribution in [1.29, 1.82) is 0 Å². The average Bonchev–Trinajstić information content (AvgIpc) is 1.83. The fraction of sp³-hybridized carbons (Fsp3) is 0.571. The molecule has 0 spiro atoms. The van der Waals surface area contributed by atoms with Crippen LogP contribution >= 0.6 is 0 Å². The fourth-order valence-corrected chi connectivity index (χ4v) is 0.317. The topological polar surface area (TPSA) is 26.3 Å². The summed E-state index contributed by atoms with van der Waals surface area (Å²) in [6.45, 7) is 7.03. The van der Waals surface area contributed by atoms with Gasteiger partial charge in [0, 0.05) is 0 Å². The van der Waals surface area contributed by atoms with Crippen molar-refractivity contribution < 1.29 is 9.53 Å². The number of ketones is 1. The molecule has 0 aromatic carbocycles. The van der Waals surface area contributed by atoms with Crippen LogP contribution < -0.4 is 0 Å². The summed E-state index contributed by atoms with van der Waals surface area (Å²) in [5.41, 5.74) is 0. The minimum atomic E-state index is -0.0195. The van der Waals surface area contributed by atoms with Crippen LogP contribution in [0.25, 0.3) is 0 Å². The van der Waals surface area contributed by atoms with E-state index in [1.807, 2.05) is 6.92 Å². The smallest absolute Gasteiger partial charge is 0.155 e. The van der Waals surface area contributed by atoms with Crippen molar-refractivity contribution in [2.45, 2.75) is 20.0 Å². The van der Waals surface area contributed by atoms with Crippen LogP contribution in [0, 0.1) is 0 Å². The molecule has 0 aromatic heterocycles. The van der Waals surface area contributed by atoms with Gasteiger partial charge >= 0.3 is 0 Å². The molecule has 0 amide bonds. The molecule has 0 rings (SSSR count). The molecule has 0 aliphatic heterocycles. The number of rotatable bonds is 4. The summed E-state index contributed by atoms with van der Waals surface area (Å²) in [6, 6.07) is 0. The summed E-state index contributed by atoms with van der Waals surface area (Å²) >= 11 is 0. The van der Waals surface area contributed by atoms with Gasteiger partial charge in [-0.25, -0.2) is 0 Å². The van der Waals surface area contributed by atoms with E-state index in [4.69, 9.17) is 4.74 Å². The van der Waals surface area contributed by atoms with Crippen molar-refractivity contribution >= 4 is 5.78 Å². The standard InChI is InChI=1S/C7H12O2/c1-4-7(3)9-5-6(2)8/h4,7H,1,5H2,2-3H3. The summed E-state index contributed by atoms with van der Waals surface area (Å²) in [5, 5.41) is 0. The molecule has 1 unspecified atom stereocenters. The average molecular weight is 128 g/mol. The molecule has 1 atom stereocenters. The molecule has 0 fully saturated rings. The van der Waals surface area contributed by atoms with Crippen molar-refractivity contribution in [3.8, 4) is 0 Å². The van der Waals surface area contributed by atoms with Gasteiger partial charge in [0.15, 0.2) is 5.78 Å². The molecule has 0 aliphatic rings. The van der Waals surface area contributed by atoms with E-state index in [-0.39, 0.29) is 18.5 Å². The van der Waals surface area contributed by atoms with Gasteiger partial charge in [-0.3, -0.25) is 4.79 Å². The molecule has 0 aromatic rings. The SMILES string of the molecule is C=CC(C)OCC(C)=O. The molecule has 0 heterocycles. The molecular weight excluding hydrogens is 116 g/mol. The van der Waals surface area contributed by atoms with Gasteiger partial charge in [0.25, 0.3) is 0 Å². The van der Waals surface area contributed by atoms with E-state index in [1.165, 1.54) is 6.92 Å². The molecule has 0 bridgehead atoms. The Morgan fingerprint density at radius 3 is 2.78 bits per heavy atom. The summed E-state index contributed by atoms with van der Waals surface area (Å²) < 4.78 is 4.98. The highest BCUT2D eigenvalue weighted by molar-refractivity contribution is 5.76. The number of hydrogen-bond acceptors (Lipinski definition) is 2. The van der Waals surface area contributed by atoms with Gasteiger partial charge in [-0.1, -0.05) is 6.08 Å². The Balaban J connectivity index is 3.26. The molecule has 9 heavy (non-hydrogen) atoms. The highest BCUT2D eigenvalue weighted by atomic mass is 16.5. The quantitative estimate of drug-likeness (QED) is 0.531. The molecule has 2 heteroatoms. The molecule has 0 saturated carbocycles. The number of Topliss-reactive ketones (excluding diaryl/α,β-unsaturated/α-hetero) is 1. The molecule has 2 nitrogen and oxygen atoms in total. The third-order valence-corrected chi connectivity index (χ3v) is 0.881. The lowest BCUT2D eigenvalue weighted by atomic mass is 10.4. The maximum absolute atomic E-state index is 10.3. The van der Waals surface area contributed by atoms with Crippen LogP contribution in [0.3, 0.4) is 0 Å². The maximum Gasteiger partial charge on any atom is 0.155 e. The second-order valence-electron chi connectivity index (χ2n) is 1.95. The summed E-state index contributed by atoms with van der Waals surface area (Å²) in [4.78, 5) is 10.3. The van der Waals surface area contributed by atoms with Gasteiger partial charge in [-0.15, -0.1) is 6.58 Å². The second kappa shape index (κ2) is 4.27. The molecule has 0 aliphatic carbocycles. The molecule has 0 saturated heterocycles. The van der Waals surface area contributed by atoms with Crippen LogP contribution in [0.2, 0.25) is 0 Å². The van der Waals surface area contributed by atoms with Gasteiger partial charge in [0.1, 0.15) is 6.61 Å². The van der Waals surface area contributed by atoms with E-state index in [0.717, 1.165) is 0 Å². The van der Waals surface area contributed by atoms with E-state index in [1.54, 1.807) is 6.08 Å². The zero-order valence-corrected chi connectivity index (χ0v) is 5.89. The normalized spacial score (nSPS) is 12.7. The predicted octanol–water partition coefficient (Wildman–Crippen LogP) is 1.17. The minimum absolute atomic E-state index is 0.0195. The highest BCUT2D eigenvalue weighted by Gasteiger charge is 1.96. The lowest BCUT2D eigenvalue weighted by Gasteiger charge is -2.04. The molecular formula is C7H12O2. The lowest BCUT2D eigenvalue weighted by Crippen LogP contribution is -2.10. The number of ether oxygens (including phenoxy) is 1. The first kappa shape index (κ1) is 8.37. The lowest BCUT2D eigenvalue weighted by molar-refractivity contribution is -0.122. The Labute approximate surface area is 55.5 Å². The van der Waals surface area contributed by atoms with E-state index >= 15 is 0 Å². The first-order valence-electron chi connectivity index (χ1n) is 2.90. The van der Waals surface area contributed by atoms with Crippen LogP contribution in [0.15, 0.2) is 12.7 Å². The maximum atomic E-state index is 10.3. The zero-order valence-electron chi connectivity index (χ0n) is 5.89. The van der Waals surface area contributed by atoms with Gasteiger partial charge < -0.3 is 4.74 Å². The largest absolute Gasteiger partial charge is 0.367 e. The Hall–Kier alpha value is -0.630. The Bertz CT molecular complexity index is 107. The number of carbonyl (C=O) groups excluding carboxylic acids is 1. The Kier molecular flexibility index (Phi) is 3.97. The monoisotopic (exact) mass is 128 g/mol. The highest BCUT2D eigenvalue weighted by Crippen LogP contribution is 1.89. The van der Waals surface area contributed by atoms with Gasteiger partial charge in [-0.05, 0) is 13.8 Å². The molecule has 0 radical (unpaired) electrons. The van der Waals surface area contributed by atoms with Crippen molar-refractivity contribution in [3.05, 3.63) is 12.7 Å². The van der Waals surface area contributed by atoms with Crippen molar-refractivity contribution in [2.24, 2.45) is 0 Å². The minimum Gasteiger partial charge on any atom is -0.367 e. The third-order valence-electron chi connectivity index (χ3n) is 0.881. The predicted molar refractivity (Wildman–Crippen MR) is 36.3 cm³/mol. The van der Waals surface area contributed by atoms with Crippen LogP contribution in [-0.2, 0) is 9.53 Å². The fourth-order valence-electron chi connectivity index (χ4n) is 0.317. The summed E-state index contributed by atoms with van der Waals surface area (Å²) in [7, 11) is 0. The van der Waals surface area contributed by atoms with Crippen LogP contribution in [0.1, 0.15) is 13.8 Å². The van der Waals surface area contributed by atoms with Gasteiger partial charge in [0.05, 0.1) is 6.10 Å². The van der Waals surface area contributed by atoms with Gasteiger partial charge in [0.2, 0.25) is 0 Å². The van der Waals surface area contributed by atoms with Crippen molar-refractivity contribution in [2.75, 3.05) is 6.61 Å². The van der Waals surface area contributed by atoms with E-state index < -0.39 is 0 Å². The summed E-state index contributed by atoms with van der Waals surface area (Å²) in [5.74, 6) is 0.0451. The van der Waals surface area contributed by atoms with Gasteiger partial charge in [-0.2, -0.15) is 0 Å². The Morgan fingerprint density at radius 1 is 1.89 bits per heavy atom. The third kappa shape index (κ3) is 5.24. The number of hydrogen-bond donors (Lipinski definition) is 0. The van der Waals surface area contributed by atoms with E-state index in [2.05, 4.69) is 6.58 Å². The van der Waals surface area contributed by atoms with Crippen LogP contribution in [0.5, 0.6) is 0 Å². The first-order valence-corrected chi connectivity index (χ1v) is 2.90. The first-order chi connectivity index (χ1) is 4.16. The second-order valence-corrected chi connectivity index (χ2v) is 1.95. The van der Waals surface area contributed by atoms with Crippen molar-refractivity contribution in [1.82, 2.24) is 0 Å². The molecule has 52 valence electrons. The van der Waals surface area contributed by atoms with E-state index in [0.29, 0.717) is 0 Å². The van der Waals surface area contributed by atoms with Crippen LogP contribution in [0.4, 0.5) is 0 Å². The van der Waals surface area contributed by atoms with E-state index in [9.17, 15) is 4.79 Å². The summed E-state index contributed by atoms with van der Waals surface area (Å²) in [6.07, 6.45) is 1.64. The Morgan fingerprint density at radius 2 is 2.44 bits per heavy atom. The zero-order chi connectivity index (χ0) is 7.28. The van der Waals surface area contributed by atoms with Crippen molar-refractivity contribution in [3.63, 3.8) is 0 Å². The van der Waals surface area contributed by atoms with Crippen LogP contribution in [-0.4, -0.2) is 18.5 Å².